The topological polar surface area (TPSA) is 52.7 Å². The highest BCUT2D eigenvalue weighted by Crippen LogP contribution is 2.20. The van der Waals surface area contributed by atoms with Crippen molar-refractivity contribution in [3.05, 3.63) is 57.8 Å². The van der Waals surface area contributed by atoms with Gasteiger partial charge in [-0.2, -0.15) is 0 Å². The van der Waals surface area contributed by atoms with Crippen LogP contribution in [0, 0.1) is 6.92 Å². The number of benzene rings is 1. The molecular formula is C24H33N3O2S. The van der Waals surface area contributed by atoms with Crippen LogP contribution in [0.5, 0.6) is 0 Å². The van der Waals surface area contributed by atoms with E-state index in [9.17, 15) is 9.59 Å². The number of hydrogen-bond acceptors (Lipinski definition) is 4. The van der Waals surface area contributed by atoms with Crippen molar-refractivity contribution in [2.24, 2.45) is 0 Å². The lowest BCUT2D eigenvalue weighted by Crippen LogP contribution is -2.51. The van der Waals surface area contributed by atoms with E-state index >= 15 is 0 Å². The average Bonchev–Trinajstić information content (AvgIpc) is 3.14. The summed E-state index contributed by atoms with van der Waals surface area (Å²) in [6, 6.07) is 14.2. The van der Waals surface area contributed by atoms with Crippen molar-refractivity contribution in [1.82, 2.24) is 15.1 Å². The summed E-state index contributed by atoms with van der Waals surface area (Å²) in [7, 11) is 0. The molecular weight excluding hydrogens is 394 g/mol. The minimum atomic E-state index is -0.238. The van der Waals surface area contributed by atoms with Crippen LogP contribution in [0.25, 0.3) is 0 Å². The van der Waals surface area contributed by atoms with Crippen molar-refractivity contribution in [1.29, 1.82) is 0 Å². The number of nitrogens with one attached hydrogen (secondary N) is 1. The first-order chi connectivity index (χ1) is 14.2. The molecule has 0 atom stereocenters. The Kier molecular flexibility index (Phi) is 7.32. The molecule has 1 aromatic carbocycles. The van der Waals surface area contributed by atoms with Gasteiger partial charge in [-0.3, -0.25) is 14.5 Å². The van der Waals surface area contributed by atoms with Crippen molar-refractivity contribution < 1.29 is 9.59 Å². The molecule has 30 heavy (non-hydrogen) atoms. The van der Waals surface area contributed by atoms with Crippen LogP contribution in [0.3, 0.4) is 0 Å². The number of rotatable bonds is 6. The highest BCUT2D eigenvalue weighted by molar-refractivity contribution is 7.13. The fourth-order valence-electron chi connectivity index (χ4n) is 3.79. The van der Waals surface area contributed by atoms with E-state index in [2.05, 4.69) is 43.1 Å². The largest absolute Gasteiger partial charge is 0.349 e. The molecule has 5 nitrogen and oxygen atoms in total. The molecule has 1 aliphatic rings. The molecule has 162 valence electrons. The quantitative estimate of drug-likeness (QED) is 0.756. The average molecular weight is 428 g/mol. The predicted molar refractivity (Wildman–Crippen MR) is 123 cm³/mol. The summed E-state index contributed by atoms with van der Waals surface area (Å²) in [5.74, 6) is 0.173. The molecule has 2 aromatic rings. The van der Waals surface area contributed by atoms with E-state index in [1.54, 1.807) is 0 Å². The van der Waals surface area contributed by atoms with Gasteiger partial charge in [0.2, 0.25) is 5.91 Å². The van der Waals surface area contributed by atoms with Crippen LogP contribution in [0.4, 0.5) is 0 Å². The number of carbonyl (C=O) groups is 2. The Bertz CT molecular complexity index is 849. The molecule has 1 fully saturated rings. The van der Waals surface area contributed by atoms with Gasteiger partial charge in [-0.1, -0.05) is 30.3 Å². The van der Waals surface area contributed by atoms with E-state index < -0.39 is 0 Å². The Balaban J connectivity index is 1.51. The summed E-state index contributed by atoms with van der Waals surface area (Å²) < 4.78 is 0. The number of hydrogen-bond donors (Lipinski definition) is 1. The fourth-order valence-corrected chi connectivity index (χ4v) is 4.56. The summed E-state index contributed by atoms with van der Waals surface area (Å²) in [5.41, 5.74) is 0.906. The van der Waals surface area contributed by atoms with Crippen LogP contribution >= 0.6 is 11.3 Å². The molecule has 0 bridgehead atoms. The van der Waals surface area contributed by atoms with Gasteiger partial charge in [0.05, 0.1) is 11.4 Å². The van der Waals surface area contributed by atoms with Gasteiger partial charge in [-0.25, -0.2) is 0 Å². The van der Waals surface area contributed by atoms with Crippen LogP contribution in [-0.4, -0.2) is 52.8 Å². The van der Waals surface area contributed by atoms with Gasteiger partial charge in [0.1, 0.15) is 0 Å². The molecule has 0 radical (unpaired) electrons. The first-order valence-electron chi connectivity index (χ1n) is 10.7. The van der Waals surface area contributed by atoms with Crippen LogP contribution in [-0.2, 0) is 11.3 Å². The summed E-state index contributed by atoms with van der Waals surface area (Å²) in [5, 5.41) is 3.15. The maximum atomic E-state index is 13.1. The predicted octanol–water partition coefficient (Wildman–Crippen LogP) is 4.08. The van der Waals surface area contributed by atoms with Gasteiger partial charge < -0.3 is 10.2 Å². The fraction of sp³-hybridized carbons (Fsp3) is 0.500. The zero-order valence-electron chi connectivity index (χ0n) is 18.5. The minimum absolute atomic E-state index is 0.0180. The van der Waals surface area contributed by atoms with E-state index in [4.69, 9.17) is 0 Å². The number of thiophene rings is 1. The molecule has 6 heteroatoms. The highest BCUT2D eigenvalue weighted by Gasteiger charge is 2.29. The van der Waals surface area contributed by atoms with Gasteiger partial charge in [0, 0.05) is 36.1 Å². The molecule has 2 heterocycles. The standard InChI is InChI=1S/C24H33N3O2S/c1-18-10-11-21(30-18)23(29)25-20-12-14-26(15-13-20)17-22(28)27(24(2,3)4)16-19-8-6-5-7-9-19/h5-11,20H,12-17H2,1-4H3,(H,25,29). The van der Waals surface area contributed by atoms with Gasteiger partial charge in [-0.15, -0.1) is 11.3 Å². The van der Waals surface area contributed by atoms with Crippen molar-refractivity contribution in [3.8, 4) is 0 Å². The second-order valence-corrected chi connectivity index (χ2v) is 10.4. The molecule has 0 unspecified atom stereocenters. The van der Waals surface area contributed by atoms with Gasteiger partial charge in [-0.05, 0) is 58.2 Å². The lowest BCUT2D eigenvalue weighted by molar-refractivity contribution is -0.138. The lowest BCUT2D eigenvalue weighted by Gasteiger charge is -2.38. The first kappa shape index (κ1) is 22.5. The zero-order chi connectivity index (χ0) is 21.7. The molecule has 1 aliphatic heterocycles. The normalized spacial score (nSPS) is 15.7. The molecule has 0 saturated carbocycles. The summed E-state index contributed by atoms with van der Waals surface area (Å²) in [4.78, 5) is 31.6. The molecule has 1 aromatic heterocycles. The number of amides is 2. The van der Waals surface area contributed by atoms with E-state index in [-0.39, 0.29) is 23.4 Å². The third kappa shape index (κ3) is 6.16. The third-order valence-corrected chi connectivity index (χ3v) is 6.54. The summed E-state index contributed by atoms with van der Waals surface area (Å²) >= 11 is 1.53. The number of aryl methyl sites for hydroxylation is 1. The SMILES string of the molecule is Cc1ccc(C(=O)NC2CCN(CC(=O)N(Cc3ccccc3)C(C)(C)C)CC2)s1. The van der Waals surface area contributed by atoms with Gasteiger partial charge in [0.15, 0.2) is 0 Å². The molecule has 2 amide bonds. The van der Waals surface area contributed by atoms with Crippen LogP contribution in [0.2, 0.25) is 0 Å². The molecule has 1 saturated heterocycles. The smallest absolute Gasteiger partial charge is 0.261 e. The second kappa shape index (κ2) is 9.75. The third-order valence-electron chi connectivity index (χ3n) is 5.54. The van der Waals surface area contributed by atoms with Crippen molar-refractivity contribution in [2.45, 2.75) is 58.7 Å². The Labute approximate surface area is 184 Å². The van der Waals surface area contributed by atoms with Gasteiger partial charge in [0.25, 0.3) is 5.91 Å². The summed E-state index contributed by atoms with van der Waals surface area (Å²) in [6.07, 6.45) is 1.75. The molecule has 1 N–H and O–H groups in total. The van der Waals surface area contributed by atoms with E-state index in [1.807, 2.05) is 42.2 Å². The van der Waals surface area contributed by atoms with Crippen molar-refractivity contribution in [3.63, 3.8) is 0 Å². The Morgan fingerprint density at radius 3 is 2.33 bits per heavy atom. The number of piperidine rings is 1. The van der Waals surface area contributed by atoms with Crippen molar-refractivity contribution in [2.75, 3.05) is 19.6 Å². The van der Waals surface area contributed by atoms with E-state index in [0.29, 0.717) is 13.1 Å². The number of likely N-dealkylation sites (tertiary alicyclic amines) is 1. The summed E-state index contributed by atoms with van der Waals surface area (Å²) in [6.45, 7) is 11.0. The lowest BCUT2D eigenvalue weighted by atomic mass is 10.0. The number of nitrogens with zero attached hydrogens (tertiary/aromatic N) is 2. The van der Waals surface area contributed by atoms with E-state index in [0.717, 1.165) is 41.2 Å². The van der Waals surface area contributed by atoms with Crippen molar-refractivity contribution >= 4 is 23.2 Å². The highest BCUT2D eigenvalue weighted by atomic mass is 32.1. The second-order valence-electron chi connectivity index (χ2n) is 9.07. The monoisotopic (exact) mass is 427 g/mol. The van der Waals surface area contributed by atoms with Crippen LogP contribution in [0.1, 0.15) is 53.7 Å². The number of carbonyl (C=O) groups excluding carboxylic acids is 2. The van der Waals surface area contributed by atoms with Gasteiger partial charge >= 0.3 is 0 Å². The first-order valence-corrected chi connectivity index (χ1v) is 11.5. The Morgan fingerprint density at radius 2 is 1.77 bits per heavy atom. The molecule has 3 rings (SSSR count). The maximum Gasteiger partial charge on any atom is 0.261 e. The minimum Gasteiger partial charge on any atom is -0.349 e. The zero-order valence-corrected chi connectivity index (χ0v) is 19.3. The maximum absolute atomic E-state index is 13.1. The Morgan fingerprint density at radius 1 is 1.10 bits per heavy atom. The van der Waals surface area contributed by atoms with E-state index in [1.165, 1.54) is 11.3 Å². The van der Waals surface area contributed by atoms with Crippen LogP contribution in [0.15, 0.2) is 42.5 Å². The van der Waals surface area contributed by atoms with Crippen LogP contribution < -0.4 is 5.32 Å². The molecule has 0 spiro atoms. The molecule has 0 aliphatic carbocycles. The Hall–Kier alpha value is -2.18.